The first-order valence-corrected chi connectivity index (χ1v) is 11.0. The van der Waals surface area contributed by atoms with E-state index in [1.165, 1.54) is 0 Å². The second-order valence-electron chi connectivity index (χ2n) is 7.35. The summed E-state index contributed by atoms with van der Waals surface area (Å²) in [5.74, 6) is -0.376. The Balaban J connectivity index is 0.00000480. The summed E-state index contributed by atoms with van der Waals surface area (Å²) in [6.07, 6.45) is 4.99. The molecule has 1 fully saturated rings. The summed E-state index contributed by atoms with van der Waals surface area (Å²) in [5, 5.41) is 3.13. The van der Waals surface area contributed by atoms with E-state index in [1.54, 1.807) is 24.3 Å². The molecule has 1 aliphatic carbocycles. The van der Waals surface area contributed by atoms with Crippen molar-refractivity contribution in [2.45, 2.75) is 71.0 Å². The fourth-order valence-electron chi connectivity index (χ4n) is 3.21. The molecule has 0 bridgehead atoms. The molecule has 1 unspecified atom stereocenters. The van der Waals surface area contributed by atoms with Crippen molar-refractivity contribution in [3.8, 4) is 5.75 Å². The van der Waals surface area contributed by atoms with Gasteiger partial charge in [-0.05, 0) is 49.9 Å². The van der Waals surface area contributed by atoms with Crippen LogP contribution in [0.4, 0.5) is 4.79 Å². The van der Waals surface area contributed by atoms with Crippen LogP contribution >= 0.6 is 11.6 Å². The number of esters is 2. The summed E-state index contributed by atoms with van der Waals surface area (Å²) in [6.45, 7) is 2.17. The van der Waals surface area contributed by atoms with Gasteiger partial charge in [0.1, 0.15) is 5.75 Å². The van der Waals surface area contributed by atoms with Gasteiger partial charge in [0, 0.05) is 24.4 Å². The van der Waals surface area contributed by atoms with Crippen LogP contribution in [0.5, 0.6) is 5.75 Å². The third-order valence-electron chi connectivity index (χ3n) is 4.82. The van der Waals surface area contributed by atoms with Gasteiger partial charge in [-0.25, -0.2) is 4.79 Å². The van der Waals surface area contributed by atoms with E-state index in [4.69, 9.17) is 25.8 Å². The first kappa shape index (κ1) is 27.8. The van der Waals surface area contributed by atoms with Gasteiger partial charge in [-0.15, -0.1) is 0 Å². The van der Waals surface area contributed by atoms with Crippen molar-refractivity contribution in [3.05, 3.63) is 29.3 Å². The second kappa shape index (κ2) is 15.5. The second-order valence-corrected chi connectivity index (χ2v) is 7.79. The number of ether oxygens (including phenoxy) is 3. The van der Waals surface area contributed by atoms with Gasteiger partial charge in [0.2, 0.25) is 6.29 Å². The topological polar surface area (TPSA) is 90.9 Å². The molecular weight excluding hydrogens is 433 g/mol. The number of carbonyl (C=O) groups is 3. The summed E-state index contributed by atoms with van der Waals surface area (Å²) in [5.41, 5.74) is 0. The van der Waals surface area contributed by atoms with Crippen molar-refractivity contribution < 1.29 is 59.6 Å². The minimum Gasteiger partial charge on any atom is -1.00 e. The molecule has 0 saturated heterocycles. The van der Waals surface area contributed by atoms with E-state index in [0.29, 0.717) is 30.0 Å². The number of halogens is 1. The molecule has 0 radical (unpaired) electrons. The van der Waals surface area contributed by atoms with Gasteiger partial charge in [0.05, 0.1) is 5.92 Å². The van der Waals surface area contributed by atoms with Crippen molar-refractivity contribution in [1.29, 1.82) is 0 Å². The number of nitrogens with one attached hydrogen (secondary N) is 1. The fraction of sp³-hybridized carbons (Fsp3) is 0.591. The maximum Gasteiger partial charge on any atom is 1.00 e. The van der Waals surface area contributed by atoms with Crippen molar-refractivity contribution >= 4 is 29.6 Å². The van der Waals surface area contributed by atoms with Crippen molar-refractivity contribution in [2.24, 2.45) is 5.92 Å². The van der Waals surface area contributed by atoms with Crippen LogP contribution in [0.2, 0.25) is 5.02 Å². The van der Waals surface area contributed by atoms with Crippen LogP contribution in [-0.4, -0.2) is 30.9 Å². The predicted molar refractivity (Wildman–Crippen MR) is 113 cm³/mol. The van der Waals surface area contributed by atoms with Crippen LogP contribution in [0.15, 0.2) is 24.3 Å². The molecule has 0 aromatic heterocycles. The Bertz CT molecular complexity index is 700. The molecular formula is C22H31ClNNaO6. The summed E-state index contributed by atoms with van der Waals surface area (Å²) < 4.78 is 15.8. The number of benzene rings is 1. The average Bonchev–Trinajstić information content (AvgIpc) is 2.73. The van der Waals surface area contributed by atoms with Gasteiger partial charge in [-0.3, -0.25) is 9.59 Å². The maximum atomic E-state index is 12.3. The van der Waals surface area contributed by atoms with Crippen LogP contribution in [0, 0.1) is 5.92 Å². The number of amides is 1. The molecule has 0 aliphatic heterocycles. The SMILES string of the molecule is CCCC(OC(=O)NCCCC(=O)Oc1ccc(Cl)cc1)OC(=O)C1CCCCC1.[H-].[Na+]. The molecule has 1 saturated carbocycles. The van der Waals surface area contributed by atoms with Crippen LogP contribution in [0.3, 0.4) is 0 Å². The molecule has 1 aromatic rings. The molecule has 168 valence electrons. The summed E-state index contributed by atoms with van der Waals surface area (Å²) in [7, 11) is 0. The molecule has 1 aliphatic rings. The third kappa shape index (κ3) is 11.2. The molecule has 1 amide bonds. The van der Waals surface area contributed by atoms with Gasteiger partial charge < -0.3 is 21.0 Å². The first-order chi connectivity index (χ1) is 14.5. The molecule has 31 heavy (non-hydrogen) atoms. The Morgan fingerprint density at radius 2 is 1.81 bits per heavy atom. The van der Waals surface area contributed by atoms with E-state index >= 15 is 0 Å². The van der Waals surface area contributed by atoms with Crippen LogP contribution in [0.25, 0.3) is 0 Å². The van der Waals surface area contributed by atoms with Gasteiger partial charge in [-0.1, -0.05) is 37.8 Å². The zero-order valence-corrected chi connectivity index (χ0v) is 21.1. The minimum atomic E-state index is -0.890. The molecule has 0 heterocycles. The maximum absolute atomic E-state index is 12.3. The van der Waals surface area contributed by atoms with Gasteiger partial charge >= 0.3 is 47.6 Å². The largest absolute Gasteiger partial charge is 1.00 e. The number of alkyl carbamates (subject to hydrolysis) is 1. The Morgan fingerprint density at radius 3 is 2.45 bits per heavy atom. The Hall–Kier alpha value is -1.28. The molecule has 1 atom stereocenters. The predicted octanol–water partition coefficient (Wildman–Crippen LogP) is 2.12. The molecule has 2 rings (SSSR count). The van der Waals surface area contributed by atoms with E-state index < -0.39 is 18.4 Å². The molecule has 1 N–H and O–H groups in total. The zero-order chi connectivity index (χ0) is 21.8. The summed E-state index contributed by atoms with van der Waals surface area (Å²) in [6, 6.07) is 6.49. The van der Waals surface area contributed by atoms with Crippen molar-refractivity contribution in [2.75, 3.05) is 6.54 Å². The van der Waals surface area contributed by atoms with Crippen LogP contribution in [-0.2, 0) is 19.1 Å². The first-order valence-electron chi connectivity index (χ1n) is 10.6. The number of hydrogen-bond donors (Lipinski definition) is 1. The van der Waals surface area contributed by atoms with E-state index in [0.717, 1.165) is 32.1 Å². The molecule has 7 nitrogen and oxygen atoms in total. The summed E-state index contributed by atoms with van der Waals surface area (Å²) in [4.78, 5) is 36.1. The molecule has 1 aromatic carbocycles. The number of hydrogen-bond acceptors (Lipinski definition) is 6. The zero-order valence-electron chi connectivity index (χ0n) is 19.4. The standard InChI is InChI=1S/C22H30ClNO6.Na.H/c1-2-7-20(29-21(26)16-8-4-3-5-9-16)30-22(27)24-15-6-10-19(25)28-18-13-11-17(23)12-14-18;;/h11-14,16,20H,2-10,15H2,1H3,(H,24,27);;/q;+1;-1. The smallest absolute Gasteiger partial charge is 1.00 e. The molecule has 0 spiro atoms. The molecule has 9 heteroatoms. The fourth-order valence-corrected chi connectivity index (χ4v) is 3.34. The van der Waals surface area contributed by atoms with Crippen molar-refractivity contribution in [1.82, 2.24) is 5.32 Å². The monoisotopic (exact) mass is 463 g/mol. The van der Waals surface area contributed by atoms with E-state index in [1.807, 2.05) is 6.92 Å². The Morgan fingerprint density at radius 1 is 1.13 bits per heavy atom. The Labute approximate surface area is 212 Å². The summed E-state index contributed by atoms with van der Waals surface area (Å²) >= 11 is 5.78. The van der Waals surface area contributed by atoms with Crippen LogP contribution < -0.4 is 39.6 Å². The third-order valence-corrected chi connectivity index (χ3v) is 5.07. The Kier molecular flexibility index (Phi) is 13.9. The average molecular weight is 464 g/mol. The van der Waals surface area contributed by atoms with Crippen LogP contribution in [0.1, 0.15) is 66.1 Å². The van der Waals surface area contributed by atoms with Gasteiger partial charge in [-0.2, -0.15) is 0 Å². The minimum absolute atomic E-state index is 0. The van der Waals surface area contributed by atoms with E-state index in [2.05, 4.69) is 5.32 Å². The number of rotatable bonds is 10. The van der Waals surface area contributed by atoms with Crippen molar-refractivity contribution in [3.63, 3.8) is 0 Å². The van der Waals surface area contributed by atoms with Gasteiger partial charge in [0.25, 0.3) is 0 Å². The number of carbonyl (C=O) groups excluding carboxylic acids is 3. The van der Waals surface area contributed by atoms with Gasteiger partial charge in [0.15, 0.2) is 0 Å². The van der Waals surface area contributed by atoms with E-state index in [-0.39, 0.29) is 55.8 Å². The normalized spacial score (nSPS) is 14.6. The van der Waals surface area contributed by atoms with E-state index in [9.17, 15) is 14.4 Å². The quantitative estimate of drug-likeness (QED) is 0.188.